The molecule has 2 saturated heterocycles. The summed E-state index contributed by atoms with van der Waals surface area (Å²) in [5.41, 5.74) is 1.94. The molecule has 1 N–H and O–H groups in total. The normalized spacial score (nSPS) is 16.2. The lowest BCUT2D eigenvalue weighted by Crippen LogP contribution is -2.45. The first-order valence-corrected chi connectivity index (χ1v) is 16.4. The van der Waals surface area contributed by atoms with Gasteiger partial charge in [0.05, 0.1) is 16.3 Å². The summed E-state index contributed by atoms with van der Waals surface area (Å²) < 4.78 is 50.2. The second kappa shape index (κ2) is 17.2. The number of carboxylic acids is 1. The molecule has 2 aromatic carbocycles. The van der Waals surface area contributed by atoms with Crippen LogP contribution in [0, 0.1) is 17.7 Å². The molecule has 0 atom stereocenters. The van der Waals surface area contributed by atoms with Gasteiger partial charge in [0.1, 0.15) is 5.82 Å². The zero-order chi connectivity index (χ0) is 34.8. The van der Waals surface area contributed by atoms with Gasteiger partial charge in [0.15, 0.2) is 5.76 Å². The molecule has 0 spiro atoms. The molecular weight excluding hydrogens is 677 g/mol. The fourth-order valence-electron chi connectivity index (χ4n) is 5.95. The van der Waals surface area contributed by atoms with Crippen LogP contribution in [0.15, 0.2) is 65.3 Å². The van der Waals surface area contributed by atoms with Crippen LogP contribution in [0.25, 0.3) is 0 Å². The number of furan rings is 1. The first-order chi connectivity index (χ1) is 22.8. The van der Waals surface area contributed by atoms with Crippen LogP contribution < -0.4 is 4.90 Å². The van der Waals surface area contributed by atoms with Gasteiger partial charge in [-0.05, 0) is 112 Å². The molecule has 0 bridgehead atoms. The number of alkyl halides is 3. The van der Waals surface area contributed by atoms with E-state index in [9.17, 15) is 27.2 Å². The van der Waals surface area contributed by atoms with Crippen LogP contribution in [0.3, 0.4) is 0 Å². The SMILES string of the molecule is O=C(O)C(F)(F)F.O=C(c1ccco1)N1CCC(C(=O)N(CCCN2CCC(Cc3ccc(F)cc3)CC2)c2ccc(Cl)c(Cl)c2)CC1. The standard InChI is InChI=1S/C32H36Cl2FN3O3.C2HF3O2/c33-28-9-8-27(22-29(28)34)38(31(39)25-12-18-37(19-13-25)32(40)30-3-1-20-41-30)15-2-14-36-16-10-24(11-17-36)21-23-4-6-26(35)7-5-23;3-2(4,5)1(6)7/h1,3-9,20,22,24-25H,2,10-19,21H2;(H,6,7). The predicted molar refractivity (Wildman–Crippen MR) is 174 cm³/mol. The lowest BCUT2D eigenvalue weighted by atomic mass is 9.90. The van der Waals surface area contributed by atoms with E-state index in [-0.39, 0.29) is 23.5 Å². The molecule has 3 aromatic rings. The Morgan fingerprint density at radius 1 is 0.917 bits per heavy atom. The zero-order valence-corrected chi connectivity index (χ0v) is 27.6. The maximum atomic E-state index is 13.8. The Hall–Kier alpha value is -3.61. The smallest absolute Gasteiger partial charge is 0.475 e. The molecule has 48 heavy (non-hydrogen) atoms. The topological polar surface area (TPSA) is 94.3 Å². The van der Waals surface area contributed by atoms with Gasteiger partial charge in [0.2, 0.25) is 5.91 Å². The summed E-state index contributed by atoms with van der Waals surface area (Å²) in [6.45, 7) is 4.56. The Balaban J connectivity index is 0.000000671. The van der Waals surface area contributed by atoms with Crippen molar-refractivity contribution < 1.29 is 41.5 Å². The Morgan fingerprint density at radius 2 is 1.56 bits per heavy atom. The van der Waals surface area contributed by atoms with Gasteiger partial charge in [0.25, 0.3) is 5.91 Å². The van der Waals surface area contributed by atoms with Crippen LogP contribution >= 0.6 is 23.2 Å². The van der Waals surface area contributed by atoms with Crippen molar-refractivity contribution in [3.63, 3.8) is 0 Å². The number of piperidine rings is 2. The second-order valence-corrected chi connectivity index (χ2v) is 12.7. The first kappa shape index (κ1) is 37.2. The Morgan fingerprint density at radius 3 is 2.12 bits per heavy atom. The van der Waals surface area contributed by atoms with Crippen molar-refractivity contribution in [1.29, 1.82) is 0 Å². The quantitative estimate of drug-likeness (QED) is 0.230. The molecule has 0 aliphatic carbocycles. The van der Waals surface area contributed by atoms with E-state index in [0.717, 1.165) is 51.0 Å². The molecule has 3 heterocycles. The maximum Gasteiger partial charge on any atom is 0.490 e. The largest absolute Gasteiger partial charge is 0.490 e. The van der Waals surface area contributed by atoms with Crippen molar-refractivity contribution in [2.45, 2.75) is 44.7 Å². The maximum absolute atomic E-state index is 13.8. The van der Waals surface area contributed by atoms with E-state index in [1.165, 1.54) is 24.0 Å². The monoisotopic (exact) mass is 713 g/mol. The number of amides is 2. The third-order valence-electron chi connectivity index (χ3n) is 8.59. The summed E-state index contributed by atoms with van der Waals surface area (Å²) in [5, 5.41) is 8.00. The van der Waals surface area contributed by atoms with Crippen LogP contribution in [0.5, 0.6) is 0 Å². The van der Waals surface area contributed by atoms with Crippen molar-refractivity contribution in [2.24, 2.45) is 11.8 Å². The summed E-state index contributed by atoms with van der Waals surface area (Å²) >= 11 is 12.5. The van der Waals surface area contributed by atoms with Gasteiger partial charge in [-0.2, -0.15) is 13.2 Å². The molecule has 1 aromatic heterocycles. The number of carbonyl (C=O) groups is 3. The van der Waals surface area contributed by atoms with Crippen LogP contribution in [-0.4, -0.2) is 78.1 Å². The van der Waals surface area contributed by atoms with E-state index in [1.54, 1.807) is 29.2 Å². The molecule has 0 radical (unpaired) electrons. The number of carboxylic acid groups (broad SMARTS) is 1. The molecule has 2 fully saturated rings. The van der Waals surface area contributed by atoms with Crippen molar-refractivity contribution in [1.82, 2.24) is 9.80 Å². The molecule has 2 amide bonds. The van der Waals surface area contributed by atoms with Crippen molar-refractivity contribution in [2.75, 3.05) is 44.2 Å². The van der Waals surface area contributed by atoms with Crippen molar-refractivity contribution in [3.8, 4) is 0 Å². The summed E-state index contributed by atoms with van der Waals surface area (Å²) in [6.07, 6.45) is 1.67. The molecule has 0 saturated carbocycles. The van der Waals surface area contributed by atoms with Crippen molar-refractivity contribution >= 4 is 46.7 Å². The summed E-state index contributed by atoms with van der Waals surface area (Å²) in [6, 6.07) is 15.6. The number of nitrogens with zero attached hydrogens (tertiary/aromatic N) is 3. The zero-order valence-electron chi connectivity index (χ0n) is 26.1. The minimum Gasteiger partial charge on any atom is -0.475 e. The highest BCUT2D eigenvalue weighted by Gasteiger charge is 2.38. The Bertz CT molecular complexity index is 1510. The number of halogens is 6. The van der Waals surface area contributed by atoms with Gasteiger partial charge in [-0.15, -0.1) is 0 Å². The van der Waals surface area contributed by atoms with E-state index in [1.807, 2.05) is 23.1 Å². The minimum atomic E-state index is -5.08. The molecular formula is C34H37Cl2F4N3O5. The molecule has 5 rings (SSSR count). The van der Waals surface area contributed by atoms with E-state index in [2.05, 4.69) is 4.90 Å². The van der Waals surface area contributed by atoms with Gasteiger partial charge >= 0.3 is 12.1 Å². The number of aliphatic carboxylic acids is 1. The number of hydrogen-bond acceptors (Lipinski definition) is 5. The number of carbonyl (C=O) groups excluding carboxylic acids is 2. The average Bonchev–Trinajstić information content (AvgIpc) is 3.61. The van der Waals surface area contributed by atoms with Crippen LogP contribution in [0.2, 0.25) is 10.0 Å². The highest BCUT2D eigenvalue weighted by Crippen LogP contribution is 2.30. The van der Waals surface area contributed by atoms with Gasteiger partial charge in [0, 0.05) is 31.2 Å². The minimum absolute atomic E-state index is 0.0616. The van der Waals surface area contributed by atoms with E-state index >= 15 is 0 Å². The van der Waals surface area contributed by atoms with Gasteiger partial charge in [-0.3, -0.25) is 9.59 Å². The molecule has 0 unspecified atom stereocenters. The number of rotatable bonds is 9. The lowest BCUT2D eigenvalue weighted by Gasteiger charge is -2.35. The number of hydrogen-bond donors (Lipinski definition) is 1. The van der Waals surface area contributed by atoms with Crippen LogP contribution in [0.4, 0.5) is 23.2 Å². The molecule has 14 heteroatoms. The summed E-state index contributed by atoms with van der Waals surface area (Å²) in [4.78, 5) is 41.4. The average molecular weight is 715 g/mol. The van der Waals surface area contributed by atoms with Crippen LogP contribution in [0.1, 0.15) is 48.2 Å². The summed E-state index contributed by atoms with van der Waals surface area (Å²) in [7, 11) is 0. The third-order valence-corrected chi connectivity index (χ3v) is 9.33. The second-order valence-electron chi connectivity index (χ2n) is 11.9. The van der Waals surface area contributed by atoms with E-state index in [0.29, 0.717) is 54.2 Å². The Labute approximate surface area is 286 Å². The van der Waals surface area contributed by atoms with E-state index < -0.39 is 12.1 Å². The van der Waals surface area contributed by atoms with Gasteiger partial charge < -0.3 is 24.2 Å². The van der Waals surface area contributed by atoms with Crippen molar-refractivity contribution in [3.05, 3.63) is 88.0 Å². The number of anilines is 1. The Kier molecular flexibility index (Phi) is 13.3. The highest BCUT2D eigenvalue weighted by atomic mass is 35.5. The molecule has 2 aliphatic rings. The lowest BCUT2D eigenvalue weighted by molar-refractivity contribution is -0.192. The fourth-order valence-corrected chi connectivity index (χ4v) is 6.24. The number of likely N-dealkylation sites (tertiary alicyclic amines) is 2. The third kappa shape index (κ3) is 10.7. The van der Waals surface area contributed by atoms with Gasteiger partial charge in [-0.25, -0.2) is 9.18 Å². The summed E-state index contributed by atoms with van der Waals surface area (Å²) in [5.74, 6) is -2.26. The highest BCUT2D eigenvalue weighted by molar-refractivity contribution is 6.42. The van der Waals surface area contributed by atoms with E-state index in [4.69, 9.17) is 37.5 Å². The van der Waals surface area contributed by atoms with Gasteiger partial charge in [-0.1, -0.05) is 35.3 Å². The van der Waals surface area contributed by atoms with Crippen LogP contribution in [-0.2, 0) is 16.0 Å². The molecule has 8 nitrogen and oxygen atoms in total. The fraction of sp³-hybridized carbons (Fsp3) is 0.441. The number of benzene rings is 2. The molecule has 260 valence electrons. The first-order valence-electron chi connectivity index (χ1n) is 15.7. The predicted octanol–water partition coefficient (Wildman–Crippen LogP) is 7.59. The molecule has 2 aliphatic heterocycles.